The molecule has 0 unspecified atom stereocenters. The molecule has 0 spiro atoms. The Morgan fingerprint density at radius 3 is 2.41 bits per heavy atom. The lowest BCUT2D eigenvalue weighted by molar-refractivity contribution is -0.142. The van der Waals surface area contributed by atoms with Crippen molar-refractivity contribution < 1.29 is 32.6 Å². The normalized spacial score (nSPS) is 15.1. The topological polar surface area (TPSA) is 125 Å². The molecule has 1 aliphatic rings. The van der Waals surface area contributed by atoms with E-state index in [0.717, 1.165) is 5.56 Å². The molecule has 37 heavy (non-hydrogen) atoms. The van der Waals surface area contributed by atoms with Gasteiger partial charge in [-0.3, -0.25) is 9.59 Å². The smallest absolute Gasteiger partial charge is 0.261 e. The van der Waals surface area contributed by atoms with Crippen molar-refractivity contribution in [1.82, 2.24) is 14.5 Å². The van der Waals surface area contributed by atoms with Crippen molar-refractivity contribution >= 4 is 33.4 Å². The summed E-state index contributed by atoms with van der Waals surface area (Å²) in [5, 5.41) is 12.2. The van der Waals surface area contributed by atoms with Gasteiger partial charge in [-0.2, -0.15) is 4.31 Å². The van der Waals surface area contributed by atoms with Gasteiger partial charge in [-0.15, -0.1) is 0 Å². The Morgan fingerprint density at radius 1 is 1.14 bits per heavy atom. The first-order valence-corrected chi connectivity index (χ1v) is 13.8. The molecule has 12 heteroatoms. The van der Waals surface area contributed by atoms with Gasteiger partial charge in [0.2, 0.25) is 15.9 Å². The van der Waals surface area contributed by atoms with Gasteiger partial charge in [0.15, 0.2) is 6.61 Å². The summed E-state index contributed by atoms with van der Waals surface area (Å²) in [6, 6.07) is 12.0. The Morgan fingerprint density at radius 2 is 1.78 bits per heavy atom. The molecule has 0 saturated carbocycles. The molecule has 1 fully saturated rings. The maximum Gasteiger partial charge on any atom is 0.261 e. The first-order valence-electron chi connectivity index (χ1n) is 12.0. The number of morpholine rings is 1. The van der Waals surface area contributed by atoms with E-state index in [-0.39, 0.29) is 30.6 Å². The van der Waals surface area contributed by atoms with Gasteiger partial charge in [0.05, 0.1) is 18.1 Å². The van der Waals surface area contributed by atoms with Gasteiger partial charge >= 0.3 is 0 Å². The SMILES string of the molecule is C[C@H](C(=O)NCCCO)N(Cc1ccc(Cl)cc1)C(=O)COc1ccc(S(=O)(=O)N2CCOCC2)cc1. The molecule has 2 amide bonds. The van der Waals surface area contributed by atoms with E-state index in [1.807, 2.05) is 0 Å². The second-order valence-electron chi connectivity index (χ2n) is 8.47. The number of halogens is 1. The molecule has 10 nitrogen and oxygen atoms in total. The number of aliphatic hydroxyl groups is 1. The van der Waals surface area contributed by atoms with Crippen LogP contribution in [0.5, 0.6) is 5.75 Å². The summed E-state index contributed by atoms with van der Waals surface area (Å²) in [5.41, 5.74) is 0.783. The molecular formula is C25H32ClN3O7S. The van der Waals surface area contributed by atoms with E-state index in [1.165, 1.54) is 33.5 Å². The molecule has 1 saturated heterocycles. The number of sulfonamides is 1. The fourth-order valence-electron chi connectivity index (χ4n) is 3.68. The number of carbonyl (C=O) groups excluding carboxylic acids is 2. The highest BCUT2D eigenvalue weighted by Gasteiger charge is 2.28. The van der Waals surface area contributed by atoms with E-state index < -0.39 is 22.0 Å². The molecular weight excluding hydrogens is 522 g/mol. The van der Waals surface area contributed by atoms with Crippen LogP contribution in [-0.2, 0) is 30.9 Å². The summed E-state index contributed by atoms with van der Waals surface area (Å²) in [6.07, 6.45) is 0.407. The number of rotatable bonds is 12. The highest BCUT2D eigenvalue weighted by atomic mass is 35.5. The van der Waals surface area contributed by atoms with E-state index in [2.05, 4.69) is 5.32 Å². The Labute approximate surface area is 222 Å². The molecule has 1 atom stereocenters. The van der Waals surface area contributed by atoms with Crippen molar-refractivity contribution in [2.75, 3.05) is 46.1 Å². The van der Waals surface area contributed by atoms with Crippen LogP contribution in [0.2, 0.25) is 5.02 Å². The zero-order chi connectivity index (χ0) is 26.8. The van der Waals surface area contributed by atoms with Gasteiger partial charge in [0.1, 0.15) is 11.8 Å². The molecule has 0 aliphatic carbocycles. The molecule has 0 radical (unpaired) electrons. The third kappa shape index (κ3) is 8.14. The average molecular weight is 554 g/mol. The van der Waals surface area contributed by atoms with Gasteiger partial charge in [0, 0.05) is 37.8 Å². The van der Waals surface area contributed by atoms with Crippen LogP contribution in [0.4, 0.5) is 0 Å². The Bertz CT molecular complexity index is 1140. The summed E-state index contributed by atoms with van der Waals surface area (Å²) in [5.74, 6) is -0.459. The Balaban J connectivity index is 1.67. The van der Waals surface area contributed by atoms with Gasteiger partial charge in [0.25, 0.3) is 5.91 Å². The van der Waals surface area contributed by atoms with Crippen molar-refractivity contribution in [3.8, 4) is 5.75 Å². The molecule has 202 valence electrons. The number of benzene rings is 2. The zero-order valence-corrected chi connectivity index (χ0v) is 22.2. The number of amides is 2. The van der Waals surface area contributed by atoms with Gasteiger partial charge < -0.3 is 24.8 Å². The zero-order valence-electron chi connectivity index (χ0n) is 20.6. The first-order chi connectivity index (χ1) is 17.7. The molecule has 1 heterocycles. The standard InChI is InChI=1S/C25H32ClN3O7S/c1-19(25(32)27-11-2-14-30)29(17-20-3-5-21(26)6-4-20)24(31)18-36-22-7-9-23(10-8-22)37(33,34)28-12-15-35-16-13-28/h3-10,19,30H,2,11-18H2,1H3,(H,27,32)/t19-/m1/s1. The lowest BCUT2D eigenvalue weighted by Crippen LogP contribution is -2.49. The fraction of sp³-hybridized carbons (Fsp3) is 0.440. The number of carbonyl (C=O) groups is 2. The lowest BCUT2D eigenvalue weighted by Gasteiger charge is -2.29. The average Bonchev–Trinajstić information content (AvgIpc) is 2.91. The highest BCUT2D eigenvalue weighted by Crippen LogP contribution is 2.21. The summed E-state index contributed by atoms with van der Waals surface area (Å²) >= 11 is 5.96. The minimum absolute atomic E-state index is 0.0531. The van der Waals surface area contributed by atoms with Crippen LogP contribution < -0.4 is 10.1 Å². The van der Waals surface area contributed by atoms with Crippen LogP contribution in [0.25, 0.3) is 0 Å². The van der Waals surface area contributed by atoms with Crippen molar-refractivity contribution in [2.24, 2.45) is 0 Å². The van der Waals surface area contributed by atoms with Crippen LogP contribution >= 0.6 is 11.6 Å². The van der Waals surface area contributed by atoms with Crippen molar-refractivity contribution in [3.63, 3.8) is 0 Å². The molecule has 3 rings (SSSR count). The second kappa shape index (κ2) is 13.7. The van der Waals surface area contributed by atoms with E-state index in [9.17, 15) is 18.0 Å². The van der Waals surface area contributed by atoms with Crippen LogP contribution in [0.3, 0.4) is 0 Å². The number of hydrogen-bond acceptors (Lipinski definition) is 7. The maximum absolute atomic E-state index is 13.1. The van der Waals surface area contributed by atoms with E-state index in [0.29, 0.717) is 50.0 Å². The number of ether oxygens (including phenoxy) is 2. The number of nitrogens with zero attached hydrogens (tertiary/aromatic N) is 2. The second-order valence-corrected chi connectivity index (χ2v) is 10.8. The number of aliphatic hydroxyl groups excluding tert-OH is 1. The molecule has 2 aromatic rings. The van der Waals surface area contributed by atoms with Gasteiger partial charge in [-0.25, -0.2) is 8.42 Å². The van der Waals surface area contributed by atoms with Gasteiger partial charge in [-0.1, -0.05) is 23.7 Å². The maximum atomic E-state index is 13.1. The summed E-state index contributed by atoms with van der Waals surface area (Å²) < 4.78 is 37.8. The van der Waals surface area contributed by atoms with Crippen LogP contribution in [-0.4, -0.2) is 86.6 Å². The first kappa shape index (κ1) is 28.9. The summed E-state index contributed by atoms with van der Waals surface area (Å²) in [7, 11) is -3.64. The molecule has 2 aromatic carbocycles. The van der Waals surface area contributed by atoms with E-state index in [4.69, 9.17) is 26.2 Å². The fourth-order valence-corrected chi connectivity index (χ4v) is 5.21. The largest absolute Gasteiger partial charge is 0.484 e. The predicted molar refractivity (Wildman–Crippen MR) is 138 cm³/mol. The molecule has 1 aliphatic heterocycles. The highest BCUT2D eigenvalue weighted by molar-refractivity contribution is 7.89. The third-order valence-electron chi connectivity index (χ3n) is 5.86. The predicted octanol–water partition coefficient (Wildman–Crippen LogP) is 1.66. The molecule has 0 aromatic heterocycles. The lowest BCUT2D eigenvalue weighted by atomic mass is 10.1. The number of hydrogen-bond donors (Lipinski definition) is 2. The van der Waals surface area contributed by atoms with Crippen molar-refractivity contribution in [3.05, 3.63) is 59.1 Å². The summed E-state index contributed by atoms with van der Waals surface area (Å²) in [4.78, 5) is 27.3. The van der Waals surface area contributed by atoms with Crippen molar-refractivity contribution in [2.45, 2.75) is 30.8 Å². The van der Waals surface area contributed by atoms with Crippen LogP contribution in [0, 0.1) is 0 Å². The van der Waals surface area contributed by atoms with E-state index in [1.54, 1.807) is 31.2 Å². The quantitative estimate of drug-likeness (QED) is 0.383. The summed E-state index contributed by atoms with van der Waals surface area (Å²) in [6.45, 7) is 2.96. The van der Waals surface area contributed by atoms with Crippen molar-refractivity contribution in [1.29, 1.82) is 0 Å². The minimum atomic E-state index is -3.64. The Kier molecular flexibility index (Phi) is 10.7. The van der Waals surface area contributed by atoms with Gasteiger partial charge in [-0.05, 0) is 55.3 Å². The molecule has 0 bridgehead atoms. The van der Waals surface area contributed by atoms with E-state index >= 15 is 0 Å². The minimum Gasteiger partial charge on any atom is -0.484 e. The molecule has 2 N–H and O–H groups in total. The monoisotopic (exact) mass is 553 g/mol. The third-order valence-corrected chi connectivity index (χ3v) is 8.03. The number of nitrogens with one attached hydrogen (secondary N) is 1. The Hall–Kier alpha value is -2.70. The van der Waals surface area contributed by atoms with Crippen LogP contribution in [0.15, 0.2) is 53.4 Å². The van der Waals surface area contributed by atoms with Crippen LogP contribution in [0.1, 0.15) is 18.9 Å².